The van der Waals surface area contributed by atoms with E-state index in [0.717, 1.165) is 24.7 Å². The van der Waals surface area contributed by atoms with E-state index in [4.69, 9.17) is 11.6 Å². The second-order valence-corrected chi connectivity index (χ2v) is 7.48. The van der Waals surface area contributed by atoms with Crippen molar-refractivity contribution in [1.82, 2.24) is 4.90 Å². The minimum atomic E-state index is 0.636. The van der Waals surface area contributed by atoms with Crippen LogP contribution in [0.2, 0.25) is 5.02 Å². The van der Waals surface area contributed by atoms with E-state index >= 15 is 0 Å². The van der Waals surface area contributed by atoms with Crippen LogP contribution in [0, 0.1) is 0 Å². The fourth-order valence-corrected chi connectivity index (χ4v) is 4.54. The lowest BCUT2D eigenvalue weighted by molar-refractivity contribution is 0.100. The number of piperazine rings is 1. The van der Waals surface area contributed by atoms with E-state index in [1.54, 1.807) is 0 Å². The summed E-state index contributed by atoms with van der Waals surface area (Å²) in [6.45, 7) is 3.32. The molecule has 0 aromatic heterocycles. The third-order valence-corrected chi connectivity index (χ3v) is 5.83. The van der Waals surface area contributed by atoms with Crippen LogP contribution < -0.4 is 4.90 Å². The molecule has 0 amide bonds. The first-order chi connectivity index (χ1) is 11.8. The first kappa shape index (κ1) is 16.0. The molecular formula is C21H25ClN2. The van der Waals surface area contributed by atoms with Gasteiger partial charge in [-0.1, -0.05) is 54.8 Å². The summed E-state index contributed by atoms with van der Waals surface area (Å²) in [5.74, 6) is 0. The van der Waals surface area contributed by atoms with Crippen LogP contribution in [0.1, 0.15) is 31.2 Å². The second-order valence-electron chi connectivity index (χ2n) is 7.05. The Morgan fingerprint density at radius 1 is 0.833 bits per heavy atom. The Bertz CT molecular complexity index is 655. The summed E-state index contributed by atoms with van der Waals surface area (Å²) < 4.78 is 0. The van der Waals surface area contributed by atoms with Crippen molar-refractivity contribution in [2.24, 2.45) is 0 Å². The topological polar surface area (TPSA) is 6.48 Å². The molecule has 3 heteroatoms. The number of hydrogen-bond acceptors (Lipinski definition) is 2. The van der Waals surface area contributed by atoms with Crippen molar-refractivity contribution < 1.29 is 0 Å². The van der Waals surface area contributed by atoms with Crippen LogP contribution in [0.25, 0.3) is 0 Å². The van der Waals surface area contributed by atoms with Gasteiger partial charge in [0.05, 0.1) is 0 Å². The standard InChI is InChI=1S/C21H25ClN2/c22-18-10-12-19(13-11-18)24-15-14-23(16-17-6-2-1-3-7-17)20-8-4-5-9-21(20)24/h1-3,6-7,10-13,20-21H,4-5,8-9,14-16H2/t20-,21-/m0/s1. The maximum atomic E-state index is 6.07. The van der Waals surface area contributed by atoms with Gasteiger partial charge in [-0.05, 0) is 42.7 Å². The molecule has 24 heavy (non-hydrogen) atoms. The average molecular weight is 341 g/mol. The highest BCUT2D eigenvalue weighted by Gasteiger charge is 2.37. The minimum absolute atomic E-state index is 0.636. The number of benzene rings is 2. The molecule has 2 atom stereocenters. The predicted molar refractivity (Wildman–Crippen MR) is 102 cm³/mol. The largest absolute Gasteiger partial charge is 0.366 e. The van der Waals surface area contributed by atoms with E-state index in [1.165, 1.54) is 36.9 Å². The maximum absolute atomic E-state index is 6.07. The van der Waals surface area contributed by atoms with Crippen LogP contribution in [0.15, 0.2) is 54.6 Å². The first-order valence-corrected chi connectivity index (χ1v) is 9.49. The average Bonchev–Trinajstić information content (AvgIpc) is 2.64. The maximum Gasteiger partial charge on any atom is 0.0446 e. The number of hydrogen-bond donors (Lipinski definition) is 0. The zero-order valence-electron chi connectivity index (χ0n) is 14.1. The highest BCUT2D eigenvalue weighted by molar-refractivity contribution is 6.30. The third-order valence-electron chi connectivity index (χ3n) is 5.58. The lowest BCUT2D eigenvalue weighted by Gasteiger charge is -2.51. The summed E-state index contributed by atoms with van der Waals surface area (Å²) in [6.07, 6.45) is 5.34. The van der Waals surface area contributed by atoms with Crippen molar-refractivity contribution in [2.45, 2.75) is 44.3 Å². The number of anilines is 1. The van der Waals surface area contributed by atoms with Gasteiger partial charge in [0.15, 0.2) is 0 Å². The zero-order valence-corrected chi connectivity index (χ0v) is 14.8. The normalized spacial score (nSPS) is 24.6. The smallest absolute Gasteiger partial charge is 0.0446 e. The Morgan fingerprint density at radius 3 is 2.29 bits per heavy atom. The van der Waals surface area contributed by atoms with Crippen molar-refractivity contribution in [3.63, 3.8) is 0 Å². The molecule has 1 heterocycles. The third kappa shape index (κ3) is 3.31. The molecule has 1 saturated heterocycles. The van der Waals surface area contributed by atoms with E-state index in [9.17, 15) is 0 Å². The molecule has 2 nitrogen and oxygen atoms in total. The summed E-state index contributed by atoms with van der Waals surface area (Å²) >= 11 is 6.07. The molecule has 1 aliphatic carbocycles. The van der Waals surface area contributed by atoms with Gasteiger partial charge < -0.3 is 4.90 Å². The highest BCUT2D eigenvalue weighted by atomic mass is 35.5. The molecular weight excluding hydrogens is 316 g/mol. The number of fused-ring (bicyclic) bond motifs is 1. The fraction of sp³-hybridized carbons (Fsp3) is 0.429. The lowest BCUT2D eigenvalue weighted by atomic mass is 9.85. The van der Waals surface area contributed by atoms with Crippen LogP contribution in [0.5, 0.6) is 0 Å². The van der Waals surface area contributed by atoms with Gasteiger partial charge in [-0.15, -0.1) is 0 Å². The first-order valence-electron chi connectivity index (χ1n) is 9.11. The molecule has 0 N–H and O–H groups in total. The van der Waals surface area contributed by atoms with Gasteiger partial charge in [0.1, 0.15) is 0 Å². The summed E-state index contributed by atoms with van der Waals surface area (Å²) in [5.41, 5.74) is 2.76. The summed E-state index contributed by atoms with van der Waals surface area (Å²) in [6, 6.07) is 20.6. The van der Waals surface area contributed by atoms with Crippen molar-refractivity contribution in [2.75, 3.05) is 18.0 Å². The fourth-order valence-electron chi connectivity index (χ4n) is 4.42. The predicted octanol–water partition coefficient (Wildman–Crippen LogP) is 4.97. The van der Waals surface area contributed by atoms with E-state index in [1.807, 2.05) is 12.1 Å². The van der Waals surface area contributed by atoms with Crippen LogP contribution in [0.3, 0.4) is 0 Å². The van der Waals surface area contributed by atoms with Crippen LogP contribution in [-0.4, -0.2) is 30.1 Å². The number of halogens is 1. The molecule has 0 unspecified atom stereocenters. The van der Waals surface area contributed by atoms with Crippen molar-refractivity contribution in [3.8, 4) is 0 Å². The Kier molecular flexibility index (Phi) is 4.77. The molecule has 2 fully saturated rings. The molecule has 126 valence electrons. The van der Waals surface area contributed by atoms with Gasteiger partial charge in [-0.3, -0.25) is 4.90 Å². The van der Waals surface area contributed by atoms with E-state index in [-0.39, 0.29) is 0 Å². The van der Waals surface area contributed by atoms with Gasteiger partial charge in [0.2, 0.25) is 0 Å². The summed E-state index contributed by atoms with van der Waals surface area (Å²) in [5, 5.41) is 0.821. The van der Waals surface area contributed by atoms with E-state index < -0.39 is 0 Å². The number of rotatable bonds is 3. The van der Waals surface area contributed by atoms with Crippen LogP contribution >= 0.6 is 11.6 Å². The Hall–Kier alpha value is -1.51. The van der Waals surface area contributed by atoms with Crippen molar-refractivity contribution in [3.05, 3.63) is 65.2 Å². The molecule has 1 saturated carbocycles. The Balaban J connectivity index is 1.54. The van der Waals surface area contributed by atoms with E-state index in [0.29, 0.717) is 12.1 Å². The van der Waals surface area contributed by atoms with Gasteiger partial charge in [0, 0.05) is 42.4 Å². The lowest BCUT2D eigenvalue weighted by Crippen LogP contribution is -2.60. The van der Waals surface area contributed by atoms with Crippen molar-refractivity contribution >= 4 is 17.3 Å². The van der Waals surface area contributed by atoms with Gasteiger partial charge in [0.25, 0.3) is 0 Å². The van der Waals surface area contributed by atoms with Gasteiger partial charge >= 0.3 is 0 Å². The zero-order chi connectivity index (χ0) is 16.4. The molecule has 2 aromatic carbocycles. The summed E-state index contributed by atoms with van der Waals surface area (Å²) in [7, 11) is 0. The second kappa shape index (κ2) is 7.16. The SMILES string of the molecule is Clc1ccc(N2CCN(Cc3ccccc3)[C@H]3CCCC[C@@H]32)cc1. The summed E-state index contributed by atoms with van der Waals surface area (Å²) in [4.78, 5) is 5.34. The molecule has 2 aromatic rings. The Morgan fingerprint density at radius 2 is 1.54 bits per heavy atom. The molecule has 4 rings (SSSR count). The number of nitrogens with zero attached hydrogens (tertiary/aromatic N) is 2. The minimum Gasteiger partial charge on any atom is -0.366 e. The van der Waals surface area contributed by atoms with Crippen LogP contribution in [-0.2, 0) is 6.54 Å². The van der Waals surface area contributed by atoms with Crippen molar-refractivity contribution in [1.29, 1.82) is 0 Å². The molecule has 0 radical (unpaired) electrons. The van der Waals surface area contributed by atoms with Crippen LogP contribution in [0.4, 0.5) is 5.69 Å². The molecule has 1 aliphatic heterocycles. The van der Waals surface area contributed by atoms with Gasteiger partial charge in [-0.2, -0.15) is 0 Å². The monoisotopic (exact) mass is 340 g/mol. The molecule has 0 bridgehead atoms. The highest BCUT2D eigenvalue weighted by Crippen LogP contribution is 2.34. The quantitative estimate of drug-likeness (QED) is 0.778. The Labute approximate surface area is 150 Å². The molecule has 2 aliphatic rings. The molecule has 0 spiro atoms. The van der Waals surface area contributed by atoms with Gasteiger partial charge in [-0.25, -0.2) is 0 Å². The van der Waals surface area contributed by atoms with E-state index in [2.05, 4.69) is 52.3 Å².